The van der Waals surface area contributed by atoms with Gasteiger partial charge in [-0.1, -0.05) is 190 Å². The van der Waals surface area contributed by atoms with Crippen molar-refractivity contribution in [3.8, 4) is 67.3 Å². The highest BCUT2D eigenvalue weighted by atomic mass is 14.9. The summed E-state index contributed by atoms with van der Waals surface area (Å²) in [6, 6.07) is 70.1. The molecular formula is C55H38N2. The predicted octanol–water partition coefficient (Wildman–Crippen LogP) is 14.6. The molecule has 0 amide bonds. The lowest BCUT2D eigenvalue weighted by Gasteiger charge is -2.23. The maximum absolute atomic E-state index is 5.20. The molecule has 0 unspecified atom stereocenters. The van der Waals surface area contributed by atoms with Crippen molar-refractivity contribution in [2.75, 3.05) is 0 Å². The van der Waals surface area contributed by atoms with Crippen LogP contribution in [-0.4, -0.2) is 9.97 Å². The highest BCUT2D eigenvalue weighted by molar-refractivity contribution is 6.12. The summed E-state index contributed by atoms with van der Waals surface area (Å²) in [5.74, 6) is 0.715. The molecule has 0 saturated heterocycles. The van der Waals surface area contributed by atoms with E-state index in [1.54, 1.807) is 0 Å². The topological polar surface area (TPSA) is 25.8 Å². The number of benzene rings is 9. The van der Waals surface area contributed by atoms with E-state index in [4.69, 9.17) is 9.97 Å². The highest BCUT2D eigenvalue weighted by Crippen LogP contribution is 2.52. The van der Waals surface area contributed by atoms with Crippen LogP contribution in [0.15, 0.2) is 194 Å². The molecule has 9 aromatic carbocycles. The molecule has 0 fully saturated rings. The van der Waals surface area contributed by atoms with Crippen molar-refractivity contribution in [1.82, 2.24) is 9.97 Å². The first-order valence-corrected chi connectivity index (χ1v) is 19.7. The SMILES string of the molecule is CC1(C)c2ccc(-c3ccc(-c4ccc(-c5nc(-c6ccccc6)cc(-c6ccccc6)n5)c5ccccc45)c4ccccc34)cc2-c2ccc3ccccc3c21. The van der Waals surface area contributed by atoms with E-state index in [0.29, 0.717) is 5.82 Å². The zero-order valence-corrected chi connectivity index (χ0v) is 31.9. The first-order valence-electron chi connectivity index (χ1n) is 19.7. The Bertz CT molecular complexity index is 3140. The van der Waals surface area contributed by atoms with Gasteiger partial charge in [-0.25, -0.2) is 9.97 Å². The fourth-order valence-electron chi connectivity index (χ4n) is 9.38. The Balaban J connectivity index is 1.06. The summed E-state index contributed by atoms with van der Waals surface area (Å²) in [5.41, 5.74) is 15.2. The minimum absolute atomic E-state index is 0.0831. The van der Waals surface area contributed by atoms with E-state index in [2.05, 4.69) is 196 Å². The number of aromatic nitrogens is 2. The maximum atomic E-state index is 5.20. The van der Waals surface area contributed by atoms with Crippen LogP contribution in [0, 0.1) is 0 Å². The molecule has 1 aromatic heterocycles. The minimum Gasteiger partial charge on any atom is -0.228 e. The average Bonchev–Trinajstić information content (AvgIpc) is 3.51. The van der Waals surface area contributed by atoms with E-state index in [9.17, 15) is 0 Å². The first kappa shape index (κ1) is 33.2. The second kappa shape index (κ2) is 13.0. The quantitative estimate of drug-likeness (QED) is 0.176. The summed E-state index contributed by atoms with van der Waals surface area (Å²) in [5, 5.41) is 7.41. The molecule has 11 rings (SSSR count). The Hall–Kier alpha value is -7.16. The summed E-state index contributed by atoms with van der Waals surface area (Å²) in [6.07, 6.45) is 0. The van der Waals surface area contributed by atoms with E-state index in [-0.39, 0.29) is 5.41 Å². The van der Waals surface area contributed by atoms with Gasteiger partial charge >= 0.3 is 0 Å². The summed E-state index contributed by atoms with van der Waals surface area (Å²) in [4.78, 5) is 10.4. The number of fused-ring (bicyclic) bond motifs is 7. The molecule has 2 heteroatoms. The minimum atomic E-state index is -0.0831. The average molecular weight is 727 g/mol. The number of hydrogen-bond donors (Lipinski definition) is 0. The zero-order valence-electron chi connectivity index (χ0n) is 31.9. The summed E-state index contributed by atoms with van der Waals surface area (Å²) < 4.78 is 0. The largest absolute Gasteiger partial charge is 0.228 e. The number of nitrogens with zero attached hydrogens (tertiary/aromatic N) is 2. The lowest BCUT2D eigenvalue weighted by Crippen LogP contribution is -2.15. The molecule has 1 aliphatic carbocycles. The van der Waals surface area contributed by atoms with Gasteiger partial charge in [0.05, 0.1) is 11.4 Å². The highest BCUT2D eigenvalue weighted by Gasteiger charge is 2.37. The van der Waals surface area contributed by atoms with Crippen LogP contribution in [0.5, 0.6) is 0 Å². The first-order chi connectivity index (χ1) is 28.0. The van der Waals surface area contributed by atoms with Crippen molar-refractivity contribution in [1.29, 1.82) is 0 Å². The van der Waals surface area contributed by atoms with Crippen molar-refractivity contribution < 1.29 is 0 Å². The van der Waals surface area contributed by atoms with Crippen LogP contribution in [0.3, 0.4) is 0 Å². The fourth-order valence-corrected chi connectivity index (χ4v) is 9.38. The van der Waals surface area contributed by atoms with E-state index in [1.807, 2.05) is 12.1 Å². The smallest absolute Gasteiger partial charge is 0.161 e. The van der Waals surface area contributed by atoms with Gasteiger partial charge in [-0.3, -0.25) is 0 Å². The Labute approximate surface area is 332 Å². The molecule has 1 heterocycles. The summed E-state index contributed by atoms with van der Waals surface area (Å²) >= 11 is 0. The molecule has 2 nitrogen and oxygen atoms in total. The van der Waals surface area contributed by atoms with Crippen LogP contribution >= 0.6 is 0 Å². The lowest BCUT2D eigenvalue weighted by atomic mass is 9.80. The van der Waals surface area contributed by atoms with Crippen molar-refractivity contribution in [2.24, 2.45) is 0 Å². The summed E-state index contributed by atoms with van der Waals surface area (Å²) in [7, 11) is 0. The molecule has 268 valence electrons. The zero-order chi connectivity index (χ0) is 38.1. The third-order valence-electron chi connectivity index (χ3n) is 12.1. The maximum Gasteiger partial charge on any atom is 0.161 e. The van der Waals surface area contributed by atoms with Gasteiger partial charge in [-0.15, -0.1) is 0 Å². The van der Waals surface area contributed by atoms with Gasteiger partial charge in [0.15, 0.2) is 5.82 Å². The third-order valence-corrected chi connectivity index (χ3v) is 12.1. The monoisotopic (exact) mass is 726 g/mol. The lowest BCUT2D eigenvalue weighted by molar-refractivity contribution is 0.666. The van der Waals surface area contributed by atoms with Crippen LogP contribution in [0.4, 0.5) is 0 Å². The molecule has 0 radical (unpaired) electrons. The van der Waals surface area contributed by atoms with Crippen LogP contribution in [-0.2, 0) is 5.41 Å². The van der Waals surface area contributed by atoms with Crippen molar-refractivity contribution in [2.45, 2.75) is 19.3 Å². The molecule has 1 aliphatic rings. The van der Waals surface area contributed by atoms with Gasteiger partial charge in [0, 0.05) is 22.1 Å². The van der Waals surface area contributed by atoms with Crippen LogP contribution in [0.2, 0.25) is 0 Å². The molecule has 57 heavy (non-hydrogen) atoms. The predicted molar refractivity (Wildman–Crippen MR) is 239 cm³/mol. The van der Waals surface area contributed by atoms with E-state index in [1.165, 1.54) is 71.4 Å². The van der Waals surface area contributed by atoms with Crippen LogP contribution in [0.1, 0.15) is 25.0 Å². The van der Waals surface area contributed by atoms with Crippen molar-refractivity contribution in [3.05, 3.63) is 205 Å². The van der Waals surface area contributed by atoms with Crippen LogP contribution < -0.4 is 0 Å². The molecular weight excluding hydrogens is 689 g/mol. The van der Waals surface area contributed by atoms with Gasteiger partial charge in [-0.05, 0) is 95.0 Å². The second-order valence-corrected chi connectivity index (χ2v) is 15.7. The second-order valence-electron chi connectivity index (χ2n) is 15.7. The molecule has 0 N–H and O–H groups in total. The molecule has 0 aliphatic heterocycles. The molecule has 0 bridgehead atoms. The third kappa shape index (κ3) is 5.33. The van der Waals surface area contributed by atoms with E-state index >= 15 is 0 Å². The molecule has 0 atom stereocenters. The Morgan fingerprint density at radius 3 is 1.42 bits per heavy atom. The van der Waals surface area contributed by atoms with Crippen LogP contribution in [0.25, 0.3) is 99.6 Å². The molecule has 10 aromatic rings. The van der Waals surface area contributed by atoms with Crippen molar-refractivity contribution >= 4 is 32.3 Å². The van der Waals surface area contributed by atoms with E-state index < -0.39 is 0 Å². The summed E-state index contributed by atoms with van der Waals surface area (Å²) in [6.45, 7) is 4.75. The normalized spacial score (nSPS) is 12.9. The van der Waals surface area contributed by atoms with Crippen molar-refractivity contribution in [3.63, 3.8) is 0 Å². The van der Waals surface area contributed by atoms with Gasteiger partial charge in [0.1, 0.15) is 0 Å². The van der Waals surface area contributed by atoms with Gasteiger partial charge in [0.2, 0.25) is 0 Å². The Morgan fingerprint density at radius 2 is 0.807 bits per heavy atom. The van der Waals surface area contributed by atoms with Gasteiger partial charge in [-0.2, -0.15) is 0 Å². The number of rotatable bonds is 5. The van der Waals surface area contributed by atoms with E-state index in [0.717, 1.165) is 33.5 Å². The van der Waals surface area contributed by atoms with Gasteiger partial charge in [0.25, 0.3) is 0 Å². The Morgan fingerprint density at radius 1 is 0.333 bits per heavy atom. The molecule has 0 saturated carbocycles. The Kier molecular flexibility index (Phi) is 7.55. The molecule has 0 spiro atoms. The van der Waals surface area contributed by atoms with Gasteiger partial charge < -0.3 is 0 Å². The number of hydrogen-bond acceptors (Lipinski definition) is 2. The fraction of sp³-hybridized carbons (Fsp3) is 0.0545. The standard InChI is InChI=1S/C55H38N2/c1-55(2)50-32-26-38(33-49(50)47-27-25-35-15-9-10-20-40(35)53(47)55)39-28-29-45(42-22-12-11-21-41(39)42)46-30-31-48(44-24-14-13-23-43(44)46)54-56-51(36-16-5-3-6-17-36)34-52(57-54)37-18-7-4-8-19-37/h3-34H,1-2H3.